The second-order valence-corrected chi connectivity index (χ2v) is 11.2. The first kappa shape index (κ1) is 24.7. The van der Waals surface area contributed by atoms with Gasteiger partial charge in [0.25, 0.3) is 10.2 Å². The molecule has 0 aliphatic carbocycles. The number of carbonyl (C=O) groups is 1. The van der Waals surface area contributed by atoms with Gasteiger partial charge in [-0.15, -0.1) is 11.3 Å². The van der Waals surface area contributed by atoms with E-state index in [1.54, 1.807) is 18.5 Å². The molecule has 1 aromatic carbocycles. The maximum atomic E-state index is 14.3. The smallest absolute Gasteiger partial charge is 0.338 e. The zero-order valence-corrected chi connectivity index (χ0v) is 21.0. The molecule has 0 radical (unpaired) electrons. The Morgan fingerprint density at radius 2 is 2.15 bits per heavy atom. The standard InChI is InChI=1S/C21H23ClFN5O4S2/c1-27(2)34(30,31)26-12-9-15-17(21(29)32-3)19(13-5-4-6-14(23)18(13)22)25-10-16(28(15)11-12)20-24-7-8-33-20/h4-8,10,12,16,19,26H,9,11H2,1-3H3/t12-,16?,19-/m0/s1. The van der Waals surface area contributed by atoms with Gasteiger partial charge in [0.2, 0.25) is 0 Å². The summed E-state index contributed by atoms with van der Waals surface area (Å²) in [4.78, 5) is 24.0. The van der Waals surface area contributed by atoms with Crippen molar-refractivity contribution in [1.29, 1.82) is 0 Å². The molecule has 1 unspecified atom stereocenters. The Morgan fingerprint density at radius 1 is 1.38 bits per heavy atom. The Labute approximate surface area is 206 Å². The van der Waals surface area contributed by atoms with Crippen molar-refractivity contribution in [3.8, 4) is 0 Å². The number of hydrogen-bond donors (Lipinski definition) is 1. The molecule has 2 aromatic rings. The molecular weight excluding hydrogens is 505 g/mol. The minimum Gasteiger partial charge on any atom is -0.466 e. The lowest BCUT2D eigenvalue weighted by Gasteiger charge is -2.27. The monoisotopic (exact) mass is 527 g/mol. The number of methoxy groups -OCH3 is 1. The van der Waals surface area contributed by atoms with Crippen LogP contribution in [0.25, 0.3) is 0 Å². The molecule has 1 N–H and O–H groups in total. The quantitative estimate of drug-likeness (QED) is 0.579. The zero-order chi connectivity index (χ0) is 24.6. The number of ether oxygens (including phenoxy) is 1. The number of hydrogen-bond acceptors (Lipinski definition) is 8. The third-order valence-electron chi connectivity index (χ3n) is 5.68. The summed E-state index contributed by atoms with van der Waals surface area (Å²) in [5.41, 5.74) is 1.03. The summed E-state index contributed by atoms with van der Waals surface area (Å²) in [7, 11) is 0.388. The van der Waals surface area contributed by atoms with Crippen molar-refractivity contribution in [2.24, 2.45) is 4.99 Å². The number of esters is 1. The third kappa shape index (κ3) is 4.60. The Hall–Kier alpha value is -2.38. The van der Waals surface area contributed by atoms with E-state index in [4.69, 9.17) is 16.3 Å². The van der Waals surface area contributed by atoms with Gasteiger partial charge in [0, 0.05) is 62.2 Å². The van der Waals surface area contributed by atoms with E-state index in [-0.39, 0.29) is 23.6 Å². The van der Waals surface area contributed by atoms with Gasteiger partial charge >= 0.3 is 5.97 Å². The highest BCUT2D eigenvalue weighted by Crippen LogP contribution is 2.43. The van der Waals surface area contributed by atoms with Gasteiger partial charge in [-0.3, -0.25) is 4.99 Å². The number of nitrogens with zero attached hydrogens (tertiary/aromatic N) is 4. The highest BCUT2D eigenvalue weighted by atomic mass is 35.5. The fourth-order valence-electron chi connectivity index (χ4n) is 4.07. The lowest BCUT2D eigenvalue weighted by atomic mass is 9.96. The van der Waals surface area contributed by atoms with Crippen LogP contribution in [0.5, 0.6) is 0 Å². The normalized spacial score (nSPS) is 22.8. The van der Waals surface area contributed by atoms with Crippen molar-refractivity contribution in [2.45, 2.75) is 24.5 Å². The lowest BCUT2D eigenvalue weighted by Crippen LogP contribution is -2.43. The minimum atomic E-state index is -3.73. The van der Waals surface area contributed by atoms with Crippen LogP contribution in [0, 0.1) is 5.82 Å². The predicted molar refractivity (Wildman–Crippen MR) is 127 cm³/mol. The van der Waals surface area contributed by atoms with Crippen LogP contribution in [0.2, 0.25) is 5.02 Å². The molecule has 0 amide bonds. The summed E-state index contributed by atoms with van der Waals surface area (Å²) in [6.45, 7) is 0.267. The third-order valence-corrected chi connectivity index (χ3v) is 8.52. The fraction of sp³-hybridized carbons (Fsp3) is 0.381. The van der Waals surface area contributed by atoms with Crippen molar-refractivity contribution < 1.29 is 22.3 Å². The van der Waals surface area contributed by atoms with E-state index in [0.717, 1.165) is 4.31 Å². The maximum absolute atomic E-state index is 14.3. The van der Waals surface area contributed by atoms with Gasteiger partial charge in [0.15, 0.2) is 0 Å². The van der Waals surface area contributed by atoms with Crippen LogP contribution in [0.15, 0.2) is 46.0 Å². The van der Waals surface area contributed by atoms with Crippen LogP contribution in [-0.2, 0) is 19.7 Å². The van der Waals surface area contributed by atoms with Gasteiger partial charge in [-0.2, -0.15) is 17.4 Å². The van der Waals surface area contributed by atoms with Crippen LogP contribution in [0.1, 0.15) is 29.1 Å². The van der Waals surface area contributed by atoms with Crippen molar-refractivity contribution in [1.82, 2.24) is 18.9 Å². The van der Waals surface area contributed by atoms with Crippen LogP contribution >= 0.6 is 22.9 Å². The molecule has 2 aliphatic rings. The number of carbonyl (C=O) groups excluding carboxylic acids is 1. The first-order valence-electron chi connectivity index (χ1n) is 10.3. The summed E-state index contributed by atoms with van der Waals surface area (Å²) in [6.07, 6.45) is 3.50. The first-order chi connectivity index (χ1) is 16.1. The molecule has 34 heavy (non-hydrogen) atoms. The summed E-state index contributed by atoms with van der Waals surface area (Å²) >= 11 is 7.69. The van der Waals surface area contributed by atoms with Crippen molar-refractivity contribution >= 4 is 45.3 Å². The molecule has 1 saturated heterocycles. The van der Waals surface area contributed by atoms with Gasteiger partial charge in [0.05, 0.1) is 17.7 Å². The fourth-order valence-corrected chi connectivity index (χ4v) is 5.80. The van der Waals surface area contributed by atoms with E-state index >= 15 is 0 Å². The average molecular weight is 528 g/mol. The van der Waals surface area contributed by atoms with Crippen LogP contribution in [0.4, 0.5) is 4.39 Å². The number of fused-ring (bicyclic) bond motifs is 1. The number of aliphatic imine (C=N–C) groups is 1. The van der Waals surface area contributed by atoms with E-state index in [0.29, 0.717) is 16.3 Å². The number of aromatic nitrogens is 1. The molecule has 0 saturated carbocycles. The van der Waals surface area contributed by atoms with E-state index in [2.05, 4.69) is 14.7 Å². The number of nitrogens with one attached hydrogen (secondary N) is 1. The van der Waals surface area contributed by atoms with Crippen molar-refractivity contribution in [3.63, 3.8) is 0 Å². The minimum absolute atomic E-state index is 0.145. The van der Waals surface area contributed by atoms with Gasteiger partial charge < -0.3 is 9.64 Å². The van der Waals surface area contributed by atoms with Gasteiger partial charge in [-0.1, -0.05) is 23.7 Å². The summed E-state index contributed by atoms with van der Waals surface area (Å²) in [6, 6.07) is 2.40. The lowest BCUT2D eigenvalue weighted by molar-refractivity contribution is -0.136. The van der Waals surface area contributed by atoms with Crippen LogP contribution < -0.4 is 4.72 Å². The molecule has 13 heteroatoms. The van der Waals surface area contributed by atoms with E-state index in [9.17, 15) is 17.6 Å². The maximum Gasteiger partial charge on any atom is 0.338 e. The topological polar surface area (TPSA) is 104 Å². The SMILES string of the molecule is COC(=O)C1=C2C[C@H](NS(=O)(=O)N(C)C)CN2C(c2nccs2)C=N[C@H]1c1cccc(F)c1Cl. The second kappa shape index (κ2) is 9.70. The summed E-state index contributed by atoms with van der Waals surface area (Å²) in [5, 5.41) is 2.39. The molecule has 0 bridgehead atoms. The van der Waals surface area contributed by atoms with Crippen molar-refractivity contribution in [2.75, 3.05) is 27.7 Å². The highest BCUT2D eigenvalue weighted by Gasteiger charge is 2.42. The number of rotatable bonds is 6. The Balaban J connectivity index is 1.88. The van der Waals surface area contributed by atoms with E-state index in [1.165, 1.54) is 44.7 Å². The van der Waals surface area contributed by atoms with Crippen LogP contribution in [0.3, 0.4) is 0 Å². The van der Waals surface area contributed by atoms with Gasteiger partial charge in [0.1, 0.15) is 22.9 Å². The summed E-state index contributed by atoms with van der Waals surface area (Å²) < 4.78 is 48.2. The Morgan fingerprint density at radius 3 is 2.79 bits per heavy atom. The Bertz CT molecular complexity index is 1250. The molecule has 3 heterocycles. The number of benzene rings is 1. The molecule has 0 spiro atoms. The van der Waals surface area contributed by atoms with Gasteiger partial charge in [-0.25, -0.2) is 14.2 Å². The largest absolute Gasteiger partial charge is 0.466 e. The van der Waals surface area contributed by atoms with Gasteiger partial charge in [-0.05, 0) is 6.07 Å². The molecule has 9 nitrogen and oxygen atoms in total. The van der Waals surface area contributed by atoms with E-state index < -0.39 is 40.1 Å². The number of halogens is 2. The Kier molecular flexibility index (Phi) is 7.06. The second-order valence-electron chi connectivity index (χ2n) is 7.97. The molecule has 1 aromatic heterocycles. The van der Waals surface area contributed by atoms with Crippen LogP contribution in [-0.4, -0.2) is 68.6 Å². The molecule has 3 atom stereocenters. The highest BCUT2D eigenvalue weighted by molar-refractivity contribution is 7.87. The predicted octanol–water partition coefficient (Wildman–Crippen LogP) is 2.70. The molecule has 182 valence electrons. The molecule has 1 fully saturated rings. The average Bonchev–Trinajstić information content (AvgIpc) is 3.43. The van der Waals surface area contributed by atoms with Crippen molar-refractivity contribution in [3.05, 3.63) is 62.5 Å². The molecular formula is C21H23ClFN5O4S2. The molecule has 4 rings (SSSR count). The first-order valence-corrected chi connectivity index (χ1v) is 13.0. The zero-order valence-electron chi connectivity index (χ0n) is 18.6. The number of thiazole rings is 1. The van der Waals surface area contributed by atoms with E-state index in [1.807, 2.05) is 10.3 Å². The molecule has 2 aliphatic heterocycles. The summed E-state index contributed by atoms with van der Waals surface area (Å²) in [5.74, 6) is -1.29.